The van der Waals surface area contributed by atoms with Crippen LogP contribution in [0.1, 0.15) is 43.2 Å². The Bertz CT molecular complexity index is 850. The van der Waals surface area contributed by atoms with E-state index < -0.39 is 12.1 Å². The highest BCUT2D eigenvalue weighted by Crippen LogP contribution is 2.49. The number of allylic oxidation sites excluding steroid dienone is 2. The van der Waals surface area contributed by atoms with Gasteiger partial charge in [0.25, 0.3) is 0 Å². The van der Waals surface area contributed by atoms with E-state index in [1.807, 2.05) is 12.4 Å². The standard InChI is InChI=1S/C21H28N2O2.C2HF3O2/c1-16-9-17(11-22-10-16)13-25-15-21-8-4-7-19(21)12-23(14-21)20(24)18-5-2-3-6-18;3-2(4,5)1(6)7/h2-3,9-11,18-19H,4-8,12-15H2,1H3;(H,6,7)/t19-,21+;/m1./s1. The van der Waals surface area contributed by atoms with Gasteiger partial charge in [0.1, 0.15) is 0 Å². The van der Waals surface area contributed by atoms with Gasteiger partial charge < -0.3 is 14.7 Å². The van der Waals surface area contributed by atoms with Crippen molar-refractivity contribution in [1.29, 1.82) is 0 Å². The van der Waals surface area contributed by atoms with Crippen molar-refractivity contribution >= 4 is 11.9 Å². The summed E-state index contributed by atoms with van der Waals surface area (Å²) in [5.74, 6) is -1.59. The molecule has 0 aromatic carbocycles. The molecule has 0 unspecified atom stereocenters. The molecule has 1 saturated carbocycles. The average molecular weight is 454 g/mol. The lowest BCUT2D eigenvalue weighted by Gasteiger charge is -2.29. The Morgan fingerprint density at radius 3 is 2.59 bits per heavy atom. The summed E-state index contributed by atoms with van der Waals surface area (Å²) in [5.41, 5.74) is 2.48. The number of pyridine rings is 1. The van der Waals surface area contributed by atoms with Crippen LogP contribution in [0.5, 0.6) is 0 Å². The molecule has 9 heteroatoms. The highest BCUT2D eigenvalue weighted by molar-refractivity contribution is 5.80. The molecule has 2 fully saturated rings. The van der Waals surface area contributed by atoms with E-state index in [1.165, 1.54) is 24.8 Å². The second-order valence-corrected chi connectivity index (χ2v) is 8.98. The number of likely N-dealkylation sites (tertiary alicyclic amines) is 1. The summed E-state index contributed by atoms with van der Waals surface area (Å²) in [6, 6.07) is 2.13. The Morgan fingerprint density at radius 1 is 1.28 bits per heavy atom. The number of hydrogen-bond donors (Lipinski definition) is 1. The number of alkyl halides is 3. The van der Waals surface area contributed by atoms with Crippen LogP contribution in [0.3, 0.4) is 0 Å². The van der Waals surface area contributed by atoms with Gasteiger partial charge in [0.2, 0.25) is 5.91 Å². The Hall–Kier alpha value is -2.42. The largest absolute Gasteiger partial charge is 0.490 e. The lowest BCUT2D eigenvalue weighted by atomic mass is 9.81. The number of carbonyl (C=O) groups is 2. The number of fused-ring (bicyclic) bond motifs is 1. The predicted molar refractivity (Wildman–Crippen MR) is 111 cm³/mol. The van der Waals surface area contributed by atoms with Crippen LogP contribution in [0, 0.1) is 24.2 Å². The quantitative estimate of drug-likeness (QED) is 0.677. The Kier molecular flexibility index (Phi) is 7.59. The molecule has 1 aromatic rings. The summed E-state index contributed by atoms with van der Waals surface area (Å²) in [7, 11) is 0. The summed E-state index contributed by atoms with van der Waals surface area (Å²) >= 11 is 0. The van der Waals surface area contributed by atoms with Crippen LogP contribution < -0.4 is 0 Å². The number of amides is 1. The molecule has 0 bridgehead atoms. The smallest absolute Gasteiger partial charge is 0.475 e. The van der Waals surface area contributed by atoms with Crippen molar-refractivity contribution in [3.63, 3.8) is 0 Å². The minimum absolute atomic E-state index is 0.180. The normalized spacial score (nSPS) is 24.9. The van der Waals surface area contributed by atoms with Crippen molar-refractivity contribution in [3.8, 4) is 0 Å². The number of aliphatic carboxylic acids is 1. The molecule has 176 valence electrons. The summed E-state index contributed by atoms with van der Waals surface area (Å²) in [5, 5.41) is 7.12. The average Bonchev–Trinajstić information content (AvgIpc) is 3.43. The third-order valence-electron chi connectivity index (χ3n) is 6.54. The molecule has 0 spiro atoms. The van der Waals surface area contributed by atoms with Gasteiger partial charge in [0.05, 0.1) is 13.2 Å². The highest BCUT2D eigenvalue weighted by atomic mass is 19.4. The van der Waals surface area contributed by atoms with Crippen molar-refractivity contribution in [2.45, 2.75) is 51.8 Å². The minimum Gasteiger partial charge on any atom is -0.475 e. The Labute approximate surface area is 185 Å². The molecule has 2 heterocycles. The number of aromatic nitrogens is 1. The zero-order valence-corrected chi connectivity index (χ0v) is 18.1. The zero-order chi connectivity index (χ0) is 23.4. The van der Waals surface area contributed by atoms with Crippen molar-refractivity contribution in [1.82, 2.24) is 9.88 Å². The van der Waals surface area contributed by atoms with Crippen LogP contribution in [0.4, 0.5) is 13.2 Å². The number of aryl methyl sites for hydroxylation is 1. The van der Waals surface area contributed by atoms with Gasteiger partial charge in [-0.1, -0.05) is 24.6 Å². The first-order valence-electron chi connectivity index (χ1n) is 10.8. The maximum absolute atomic E-state index is 12.8. The van der Waals surface area contributed by atoms with Crippen LogP contribution in [0.2, 0.25) is 0 Å². The van der Waals surface area contributed by atoms with Crippen molar-refractivity contribution in [2.75, 3.05) is 19.7 Å². The van der Waals surface area contributed by atoms with E-state index in [2.05, 4.69) is 35.0 Å². The van der Waals surface area contributed by atoms with Gasteiger partial charge in [-0.05, 0) is 49.7 Å². The van der Waals surface area contributed by atoms with E-state index in [0.29, 0.717) is 18.4 Å². The molecule has 1 saturated heterocycles. The van der Waals surface area contributed by atoms with Gasteiger partial charge in [-0.25, -0.2) is 4.79 Å². The molecular weight excluding hydrogens is 425 g/mol. The third kappa shape index (κ3) is 5.88. The topological polar surface area (TPSA) is 79.7 Å². The van der Waals surface area contributed by atoms with E-state index in [0.717, 1.165) is 38.1 Å². The molecule has 2 atom stereocenters. The van der Waals surface area contributed by atoms with Crippen molar-refractivity contribution in [3.05, 3.63) is 41.7 Å². The lowest BCUT2D eigenvalue weighted by Crippen LogP contribution is -2.37. The van der Waals surface area contributed by atoms with Crippen LogP contribution in [0.15, 0.2) is 30.6 Å². The third-order valence-corrected chi connectivity index (χ3v) is 6.54. The summed E-state index contributed by atoms with van der Waals surface area (Å²) < 4.78 is 37.9. The summed E-state index contributed by atoms with van der Waals surface area (Å²) in [4.78, 5) is 28.1. The fourth-order valence-electron chi connectivity index (χ4n) is 4.96. The maximum Gasteiger partial charge on any atom is 0.490 e. The van der Waals surface area contributed by atoms with E-state index >= 15 is 0 Å². The molecule has 4 rings (SSSR count). The monoisotopic (exact) mass is 454 g/mol. The SMILES string of the molecule is Cc1cncc(COC[C@@]23CCC[C@@H]2CN(C(=O)C2CC=CC2)C3)c1.O=C(O)C(F)(F)F. The molecule has 1 aliphatic heterocycles. The number of carbonyl (C=O) groups excluding carboxylic acids is 1. The molecule has 1 aromatic heterocycles. The van der Waals surface area contributed by atoms with E-state index in [9.17, 15) is 18.0 Å². The first-order valence-corrected chi connectivity index (χ1v) is 10.8. The van der Waals surface area contributed by atoms with E-state index in [-0.39, 0.29) is 11.3 Å². The molecule has 6 nitrogen and oxygen atoms in total. The van der Waals surface area contributed by atoms with Crippen LogP contribution >= 0.6 is 0 Å². The van der Waals surface area contributed by atoms with Crippen LogP contribution in [-0.2, 0) is 20.9 Å². The molecule has 2 aliphatic carbocycles. The number of carboxylic acid groups (broad SMARTS) is 1. The number of halogens is 3. The first-order chi connectivity index (χ1) is 15.1. The number of ether oxygens (including phenoxy) is 1. The lowest BCUT2D eigenvalue weighted by molar-refractivity contribution is -0.192. The van der Waals surface area contributed by atoms with Gasteiger partial charge in [-0.15, -0.1) is 0 Å². The fraction of sp³-hybridized carbons (Fsp3) is 0.609. The number of carboxylic acids is 1. The summed E-state index contributed by atoms with van der Waals surface area (Å²) in [6.07, 6.45) is 8.50. The van der Waals surface area contributed by atoms with Crippen molar-refractivity contribution in [2.24, 2.45) is 17.3 Å². The van der Waals surface area contributed by atoms with Gasteiger partial charge in [-0.2, -0.15) is 13.2 Å². The summed E-state index contributed by atoms with van der Waals surface area (Å²) in [6.45, 7) is 5.26. The van der Waals surface area contributed by atoms with Crippen molar-refractivity contribution < 1.29 is 32.6 Å². The molecule has 0 radical (unpaired) electrons. The fourth-order valence-corrected chi connectivity index (χ4v) is 4.96. The van der Waals surface area contributed by atoms with Gasteiger partial charge >= 0.3 is 12.1 Å². The predicted octanol–water partition coefficient (Wildman–Crippen LogP) is 4.13. The second-order valence-electron chi connectivity index (χ2n) is 8.98. The maximum atomic E-state index is 12.8. The zero-order valence-electron chi connectivity index (χ0n) is 18.1. The molecule has 3 aliphatic rings. The van der Waals surface area contributed by atoms with Crippen LogP contribution in [0.25, 0.3) is 0 Å². The molecule has 1 N–H and O–H groups in total. The van der Waals surface area contributed by atoms with E-state index in [4.69, 9.17) is 14.6 Å². The minimum atomic E-state index is -5.08. The highest BCUT2D eigenvalue weighted by Gasteiger charge is 2.51. The van der Waals surface area contributed by atoms with E-state index in [1.54, 1.807) is 0 Å². The first kappa shape index (κ1) is 24.2. The van der Waals surface area contributed by atoms with Gasteiger partial charge in [0, 0.05) is 36.8 Å². The van der Waals surface area contributed by atoms with Gasteiger partial charge in [0.15, 0.2) is 0 Å². The second kappa shape index (κ2) is 10.0. The Balaban J connectivity index is 0.000000360. The number of hydrogen-bond acceptors (Lipinski definition) is 4. The molecule has 1 amide bonds. The molecular formula is C23H29F3N2O4. The number of nitrogens with zero attached hydrogens (tertiary/aromatic N) is 2. The molecule has 32 heavy (non-hydrogen) atoms. The Morgan fingerprint density at radius 2 is 1.97 bits per heavy atom. The van der Waals surface area contributed by atoms with Gasteiger partial charge in [-0.3, -0.25) is 9.78 Å². The van der Waals surface area contributed by atoms with Crippen LogP contribution in [-0.4, -0.2) is 52.7 Å². The number of rotatable bonds is 5.